The molecule has 0 amide bonds. The first kappa shape index (κ1) is 23.5. The number of ether oxygens (including phenoxy) is 4. The highest BCUT2D eigenvalue weighted by molar-refractivity contribution is 5.72. The van der Waals surface area contributed by atoms with Crippen LogP contribution in [-0.4, -0.2) is 47.0 Å². The van der Waals surface area contributed by atoms with E-state index in [4.69, 9.17) is 18.9 Å². The molecule has 3 heterocycles. The van der Waals surface area contributed by atoms with Gasteiger partial charge in [-0.25, -0.2) is 0 Å². The van der Waals surface area contributed by atoms with Crippen LogP contribution in [0.2, 0.25) is 0 Å². The summed E-state index contributed by atoms with van der Waals surface area (Å²) in [5, 5.41) is 23.1. The first-order chi connectivity index (χ1) is 18.0. The number of nitro benzene ring substituents is 2. The van der Waals surface area contributed by atoms with Crippen molar-refractivity contribution in [3.63, 3.8) is 0 Å². The molecule has 3 saturated heterocycles. The molecule has 3 aromatic carbocycles. The Hall–Kier alpha value is -3.90. The highest BCUT2D eigenvalue weighted by Crippen LogP contribution is 2.51. The Kier molecular flexibility index (Phi) is 6.05. The maximum Gasteiger partial charge on any atom is 0.299 e. The average Bonchev–Trinajstić information content (AvgIpc) is 3.68. The van der Waals surface area contributed by atoms with Gasteiger partial charge in [0.25, 0.3) is 11.4 Å². The lowest BCUT2D eigenvalue weighted by atomic mass is 10.0. The van der Waals surface area contributed by atoms with Gasteiger partial charge in [-0.1, -0.05) is 60.7 Å². The van der Waals surface area contributed by atoms with Crippen LogP contribution in [0.3, 0.4) is 0 Å². The molecule has 6 rings (SSSR count). The van der Waals surface area contributed by atoms with E-state index in [1.807, 2.05) is 65.6 Å². The van der Waals surface area contributed by atoms with E-state index in [1.54, 1.807) is 0 Å². The van der Waals surface area contributed by atoms with Gasteiger partial charge in [0.1, 0.15) is 23.9 Å². The van der Waals surface area contributed by atoms with E-state index in [2.05, 4.69) is 0 Å². The third-order valence-electron chi connectivity index (χ3n) is 6.86. The van der Waals surface area contributed by atoms with Gasteiger partial charge in [0, 0.05) is 11.6 Å². The molecular weight excluding hydrogens is 482 g/mol. The molecule has 3 aromatic rings. The summed E-state index contributed by atoms with van der Waals surface area (Å²) in [6.07, 6.45) is -2.22. The van der Waals surface area contributed by atoms with E-state index in [1.165, 1.54) is 12.1 Å². The fourth-order valence-electron chi connectivity index (χ4n) is 5.12. The van der Waals surface area contributed by atoms with Gasteiger partial charge >= 0.3 is 0 Å². The lowest BCUT2D eigenvalue weighted by Crippen LogP contribution is -2.52. The van der Waals surface area contributed by atoms with Crippen molar-refractivity contribution in [3.05, 3.63) is 110 Å². The number of hydrogen-bond acceptors (Lipinski definition) is 9. The zero-order valence-corrected chi connectivity index (χ0v) is 19.5. The largest absolute Gasteiger partial charge is 0.348 e. The Morgan fingerprint density at radius 1 is 0.892 bits per heavy atom. The highest BCUT2D eigenvalue weighted by atomic mass is 16.7. The van der Waals surface area contributed by atoms with Crippen molar-refractivity contribution in [1.29, 1.82) is 0 Å². The molecule has 0 unspecified atom stereocenters. The van der Waals surface area contributed by atoms with Crippen LogP contribution in [0, 0.1) is 20.2 Å². The molecule has 3 aliphatic rings. The van der Waals surface area contributed by atoms with Crippen LogP contribution in [0.25, 0.3) is 0 Å². The first-order valence-corrected chi connectivity index (χ1v) is 11.9. The third kappa shape index (κ3) is 4.42. The smallest absolute Gasteiger partial charge is 0.299 e. The maximum atomic E-state index is 11.9. The molecule has 0 radical (unpaired) electrons. The van der Waals surface area contributed by atoms with E-state index in [9.17, 15) is 20.2 Å². The summed E-state index contributed by atoms with van der Waals surface area (Å²) in [4.78, 5) is 23.7. The van der Waals surface area contributed by atoms with Gasteiger partial charge in [-0.15, -0.1) is 0 Å². The quantitative estimate of drug-likeness (QED) is 0.265. The standard InChI is InChI=1S/C26H23N3O8/c30-28(31)18-11-12-19(20(13-18)29(32)33)27-22-23(27)26(34-14-16-7-3-1-4-8-16)36-21-15-35-25(37-24(21)22)17-9-5-2-6-10-17/h1-13,21-26H,14-15H2/t21-,22+,23-,24-,25+,26+,27?/m1/s1. The van der Waals surface area contributed by atoms with E-state index in [0.29, 0.717) is 0 Å². The molecule has 3 fully saturated rings. The minimum Gasteiger partial charge on any atom is -0.348 e. The van der Waals surface area contributed by atoms with Crippen LogP contribution < -0.4 is 4.90 Å². The molecule has 0 aromatic heterocycles. The zero-order valence-electron chi connectivity index (χ0n) is 19.5. The van der Waals surface area contributed by atoms with Gasteiger partial charge < -0.3 is 23.8 Å². The third-order valence-corrected chi connectivity index (χ3v) is 6.86. The number of fused-ring (bicyclic) bond motifs is 3. The van der Waals surface area contributed by atoms with Crippen molar-refractivity contribution in [2.75, 3.05) is 11.5 Å². The van der Waals surface area contributed by atoms with Crippen molar-refractivity contribution in [2.45, 2.75) is 43.5 Å². The molecule has 0 saturated carbocycles. The Morgan fingerprint density at radius 3 is 2.32 bits per heavy atom. The summed E-state index contributed by atoms with van der Waals surface area (Å²) in [5.41, 5.74) is 1.37. The average molecular weight is 505 g/mol. The van der Waals surface area contributed by atoms with E-state index in [-0.39, 0.29) is 42.4 Å². The molecule has 0 aliphatic carbocycles. The number of non-ortho nitro benzene ring substituents is 1. The van der Waals surface area contributed by atoms with Gasteiger partial charge in [-0.2, -0.15) is 0 Å². The lowest BCUT2D eigenvalue weighted by Gasteiger charge is -2.40. The fraction of sp³-hybridized carbons (Fsp3) is 0.308. The summed E-state index contributed by atoms with van der Waals surface area (Å²) < 4.78 is 24.7. The number of nitro groups is 2. The highest BCUT2D eigenvalue weighted by Gasteiger charge is 2.66. The summed E-state index contributed by atoms with van der Waals surface area (Å²) in [6, 6.07) is 22.1. The summed E-state index contributed by atoms with van der Waals surface area (Å²) in [7, 11) is 0. The van der Waals surface area contributed by atoms with Crippen LogP contribution >= 0.6 is 0 Å². The van der Waals surface area contributed by atoms with Crippen LogP contribution in [0.15, 0.2) is 78.9 Å². The van der Waals surface area contributed by atoms with Crippen molar-refractivity contribution < 1.29 is 28.8 Å². The molecule has 6 atom stereocenters. The van der Waals surface area contributed by atoms with Gasteiger partial charge in [-0.05, 0) is 11.6 Å². The van der Waals surface area contributed by atoms with Crippen LogP contribution in [0.4, 0.5) is 17.1 Å². The molecule has 0 N–H and O–H groups in total. The van der Waals surface area contributed by atoms with Gasteiger partial charge in [0.2, 0.25) is 0 Å². The second-order valence-electron chi connectivity index (χ2n) is 9.09. The second kappa shape index (κ2) is 9.52. The minimum atomic E-state index is -0.707. The van der Waals surface area contributed by atoms with Crippen LogP contribution in [0.5, 0.6) is 0 Å². The lowest BCUT2D eigenvalue weighted by molar-refractivity contribution is -0.393. The SMILES string of the molecule is O=[N+]([O-])c1ccc(N2[C@@H]3[C@@H]4O[C@@H](c5ccccc5)OC[C@H]4O[C@H](OCc4ccccc4)[C@@H]32)c([N+](=O)[O-])c1. The second-order valence-corrected chi connectivity index (χ2v) is 9.09. The van der Waals surface area contributed by atoms with Gasteiger partial charge in [0.15, 0.2) is 12.6 Å². The molecule has 190 valence electrons. The molecule has 11 nitrogen and oxygen atoms in total. The van der Waals surface area contributed by atoms with Gasteiger partial charge in [-0.3, -0.25) is 20.2 Å². The number of hydrogen-bond donors (Lipinski definition) is 0. The monoisotopic (exact) mass is 505 g/mol. The van der Waals surface area contributed by atoms with Crippen LogP contribution in [0.1, 0.15) is 17.4 Å². The molecular formula is C26H23N3O8. The first-order valence-electron chi connectivity index (χ1n) is 11.9. The minimum absolute atomic E-state index is 0.259. The number of rotatable bonds is 7. The van der Waals surface area contributed by atoms with E-state index >= 15 is 0 Å². The Balaban J connectivity index is 1.31. The fourth-order valence-corrected chi connectivity index (χ4v) is 5.12. The topological polar surface area (TPSA) is 126 Å². The summed E-state index contributed by atoms with van der Waals surface area (Å²) >= 11 is 0. The molecule has 0 bridgehead atoms. The Labute approximate surface area is 211 Å². The number of benzene rings is 3. The predicted molar refractivity (Wildman–Crippen MR) is 130 cm³/mol. The normalized spacial score (nSPS) is 28.2. The number of anilines is 1. The number of nitrogens with zero attached hydrogens (tertiary/aromatic N) is 3. The predicted octanol–water partition coefficient (Wildman–Crippen LogP) is 4.12. The molecule has 3 aliphatic heterocycles. The zero-order chi connectivity index (χ0) is 25.5. The Bertz CT molecular complexity index is 1310. The van der Waals surface area contributed by atoms with Gasteiger partial charge in [0.05, 0.1) is 35.2 Å². The van der Waals surface area contributed by atoms with Crippen molar-refractivity contribution >= 4 is 17.1 Å². The summed E-state index contributed by atoms with van der Waals surface area (Å²) in [6.45, 7) is 0.547. The Morgan fingerprint density at radius 2 is 1.62 bits per heavy atom. The molecule has 37 heavy (non-hydrogen) atoms. The maximum absolute atomic E-state index is 11.9. The van der Waals surface area contributed by atoms with E-state index < -0.39 is 34.6 Å². The van der Waals surface area contributed by atoms with Crippen molar-refractivity contribution in [2.24, 2.45) is 0 Å². The van der Waals surface area contributed by atoms with Crippen LogP contribution in [-0.2, 0) is 25.6 Å². The van der Waals surface area contributed by atoms with Crippen molar-refractivity contribution in [1.82, 2.24) is 0 Å². The molecule has 0 spiro atoms. The van der Waals surface area contributed by atoms with E-state index in [0.717, 1.165) is 17.2 Å². The molecule has 11 heteroatoms. The summed E-state index contributed by atoms with van der Waals surface area (Å²) in [5.74, 6) is 0. The van der Waals surface area contributed by atoms with Crippen molar-refractivity contribution in [3.8, 4) is 0 Å².